The van der Waals surface area contributed by atoms with Gasteiger partial charge in [0.05, 0.1) is 12.3 Å². The van der Waals surface area contributed by atoms with Crippen molar-refractivity contribution in [2.75, 3.05) is 19.0 Å². The van der Waals surface area contributed by atoms with Crippen LogP contribution in [0.25, 0.3) is 10.9 Å². The summed E-state index contributed by atoms with van der Waals surface area (Å²) in [4.78, 5) is 12.3. The molecular formula is C19H25N5O2. The van der Waals surface area contributed by atoms with E-state index in [2.05, 4.69) is 33.2 Å². The van der Waals surface area contributed by atoms with Gasteiger partial charge >= 0.3 is 0 Å². The van der Waals surface area contributed by atoms with Gasteiger partial charge in [-0.2, -0.15) is 0 Å². The summed E-state index contributed by atoms with van der Waals surface area (Å²) in [5.41, 5.74) is 3.96. The summed E-state index contributed by atoms with van der Waals surface area (Å²) in [6, 6.07) is 8.06. The smallest absolute Gasteiger partial charge is 0.246 e. The zero-order valence-electron chi connectivity index (χ0n) is 15.7. The highest BCUT2D eigenvalue weighted by Gasteiger charge is 2.10. The molecule has 0 atom stereocenters. The maximum absolute atomic E-state index is 12.3. The number of ether oxygens (including phenoxy) is 1. The summed E-state index contributed by atoms with van der Waals surface area (Å²) < 4.78 is 8.96. The van der Waals surface area contributed by atoms with Gasteiger partial charge in [-0.25, -0.2) is 4.68 Å². The fourth-order valence-corrected chi connectivity index (χ4v) is 2.97. The summed E-state index contributed by atoms with van der Waals surface area (Å²) in [6.07, 6.45) is 1.81. The molecule has 0 saturated heterocycles. The van der Waals surface area contributed by atoms with Crippen molar-refractivity contribution in [3.05, 3.63) is 41.9 Å². The molecule has 7 nitrogen and oxygen atoms in total. The lowest BCUT2D eigenvalue weighted by Gasteiger charge is -2.08. The van der Waals surface area contributed by atoms with E-state index in [1.54, 1.807) is 11.8 Å². The molecule has 0 aliphatic carbocycles. The van der Waals surface area contributed by atoms with Gasteiger partial charge < -0.3 is 14.6 Å². The normalized spacial score (nSPS) is 11.4. The third-order valence-electron chi connectivity index (χ3n) is 4.36. The Hall–Kier alpha value is -2.67. The molecule has 2 heterocycles. The minimum absolute atomic E-state index is 0.125. The molecule has 3 rings (SSSR count). The topological polar surface area (TPSA) is 74.0 Å². The van der Waals surface area contributed by atoms with E-state index in [4.69, 9.17) is 4.74 Å². The number of anilines is 1. The number of amides is 1. The molecule has 0 unspecified atom stereocenters. The largest absolute Gasteiger partial charge is 0.383 e. The van der Waals surface area contributed by atoms with Crippen LogP contribution in [-0.2, 0) is 22.6 Å². The second-order valence-electron chi connectivity index (χ2n) is 6.75. The van der Waals surface area contributed by atoms with Crippen molar-refractivity contribution in [3.8, 4) is 0 Å². The second kappa shape index (κ2) is 7.70. The number of methoxy groups -OCH3 is 1. The van der Waals surface area contributed by atoms with Crippen molar-refractivity contribution in [2.24, 2.45) is 0 Å². The highest BCUT2D eigenvalue weighted by atomic mass is 16.5. The Morgan fingerprint density at radius 3 is 2.81 bits per heavy atom. The number of nitrogens with one attached hydrogen (secondary N) is 1. The predicted octanol–water partition coefficient (Wildman–Crippen LogP) is 2.95. The Balaban J connectivity index is 1.71. The first-order valence-corrected chi connectivity index (χ1v) is 8.76. The molecule has 26 heavy (non-hydrogen) atoms. The number of benzene rings is 1. The number of fused-ring (bicyclic) bond motifs is 1. The van der Waals surface area contributed by atoms with Crippen LogP contribution in [0.15, 0.2) is 30.5 Å². The molecule has 1 N–H and O–H groups in total. The molecule has 7 heteroatoms. The van der Waals surface area contributed by atoms with Gasteiger partial charge in [0.2, 0.25) is 5.91 Å². The van der Waals surface area contributed by atoms with Crippen molar-refractivity contribution in [2.45, 2.75) is 39.8 Å². The lowest BCUT2D eigenvalue weighted by atomic mass is 10.2. The van der Waals surface area contributed by atoms with Crippen molar-refractivity contribution in [1.29, 1.82) is 0 Å². The molecule has 1 amide bonds. The van der Waals surface area contributed by atoms with Crippen LogP contribution in [0.4, 0.5) is 5.69 Å². The summed E-state index contributed by atoms with van der Waals surface area (Å²) >= 11 is 0. The standard InChI is InChI=1S/C19H25N5O2/c1-13(2)17-11-23(22-21-17)12-19(25)20-16-5-6-18-15(10-16)9-14(3)24(18)7-8-26-4/h5-6,9-11,13H,7-8,12H2,1-4H3,(H,20,25). The van der Waals surface area contributed by atoms with Crippen LogP contribution in [0, 0.1) is 6.92 Å². The van der Waals surface area contributed by atoms with Crippen LogP contribution in [0.1, 0.15) is 31.2 Å². The molecule has 138 valence electrons. The van der Waals surface area contributed by atoms with Gasteiger partial charge in [-0.3, -0.25) is 4.79 Å². The first kappa shape index (κ1) is 18.1. The number of rotatable bonds is 7. The number of aryl methyl sites for hydroxylation is 1. The summed E-state index contributed by atoms with van der Waals surface area (Å²) in [5.74, 6) is 0.166. The van der Waals surface area contributed by atoms with Gasteiger partial charge in [0.15, 0.2) is 0 Å². The zero-order chi connectivity index (χ0) is 18.7. The van der Waals surface area contributed by atoms with E-state index in [-0.39, 0.29) is 12.5 Å². The molecule has 3 aromatic rings. The number of hydrogen-bond acceptors (Lipinski definition) is 4. The van der Waals surface area contributed by atoms with Crippen LogP contribution in [-0.4, -0.2) is 39.2 Å². The van der Waals surface area contributed by atoms with E-state index in [0.29, 0.717) is 12.5 Å². The molecule has 0 aliphatic rings. The van der Waals surface area contributed by atoms with Crippen LogP contribution in [0.2, 0.25) is 0 Å². The van der Waals surface area contributed by atoms with E-state index in [1.807, 2.05) is 38.2 Å². The third-order valence-corrected chi connectivity index (χ3v) is 4.36. The minimum Gasteiger partial charge on any atom is -0.383 e. The Morgan fingerprint density at radius 2 is 2.12 bits per heavy atom. The van der Waals surface area contributed by atoms with Crippen molar-refractivity contribution in [3.63, 3.8) is 0 Å². The van der Waals surface area contributed by atoms with E-state index in [0.717, 1.165) is 28.8 Å². The van der Waals surface area contributed by atoms with E-state index < -0.39 is 0 Å². The molecule has 1 aromatic carbocycles. The molecule has 2 aromatic heterocycles. The second-order valence-corrected chi connectivity index (χ2v) is 6.75. The first-order chi connectivity index (χ1) is 12.5. The Bertz CT molecular complexity index is 910. The van der Waals surface area contributed by atoms with Crippen molar-refractivity contribution < 1.29 is 9.53 Å². The van der Waals surface area contributed by atoms with Crippen molar-refractivity contribution in [1.82, 2.24) is 19.6 Å². The number of hydrogen-bond donors (Lipinski definition) is 1. The summed E-state index contributed by atoms with van der Waals surface area (Å²) in [6.45, 7) is 7.78. The van der Waals surface area contributed by atoms with Gasteiger partial charge in [-0.1, -0.05) is 19.1 Å². The number of carbonyl (C=O) groups is 1. The Labute approximate surface area is 152 Å². The van der Waals surface area contributed by atoms with Gasteiger partial charge in [0, 0.05) is 42.1 Å². The summed E-state index contributed by atoms with van der Waals surface area (Å²) in [7, 11) is 1.70. The van der Waals surface area contributed by atoms with Gasteiger partial charge in [-0.15, -0.1) is 5.10 Å². The van der Waals surface area contributed by atoms with Crippen LogP contribution in [0.5, 0.6) is 0 Å². The van der Waals surface area contributed by atoms with Crippen LogP contribution < -0.4 is 5.32 Å². The van der Waals surface area contributed by atoms with E-state index in [9.17, 15) is 4.79 Å². The monoisotopic (exact) mass is 355 g/mol. The minimum atomic E-state index is -0.125. The van der Waals surface area contributed by atoms with Gasteiger partial charge in [0.25, 0.3) is 0 Å². The average molecular weight is 355 g/mol. The molecule has 0 radical (unpaired) electrons. The average Bonchev–Trinajstić information content (AvgIpc) is 3.16. The molecule has 0 bridgehead atoms. The lowest BCUT2D eigenvalue weighted by molar-refractivity contribution is -0.116. The fraction of sp³-hybridized carbons (Fsp3) is 0.421. The SMILES string of the molecule is COCCn1c(C)cc2cc(NC(=O)Cn3cc(C(C)C)nn3)ccc21. The van der Waals surface area contributed by atoms with Crippen molar-refractivity contribution >= 4 is 22.5 Å². The quantitative estimate of drug-likeness (QED) is 0.707. The molecule has 0 spiro atoms. The van der Waals surface area contributed by atoms with Crippen LogP contribution in [0.3, 0.4) is 0 Å². The predicted molar refractivity (Wildman–Crippen MR) is 101 cm³/mol. The maximum atomic E-state index is 12.3. The fourth-order valence-electron chi connectivity index (χ4n) is 2.97. The molecule has 0 fully saturated rings. The maximum Gasteiger partial charge on any atom is 0.246 e. The van der Waals surface area contributed by atoms with Gasteiger partial charge in [-0.05, 0) is 37.1 Å². The zero-order valence-corrected chi connectivity index (χ0v) is 15.7. The Morgan fingerprint density at radius 1 is 1.31 bits per heavy atom. The highest BCUT2D eigenvalue weighted by molar-refractivity contribution is 5.94. The number of aromatic nitrogens is 4. The highest BCUT2D eigenvalue weighted by Crippen LogP contribution is 2.23. The van der Waals surface area contributed by atoms with E-state index in [1.165, 1.54) is 5.69 Å². The number of carbonyl (C=O) groups excluding carboxylic acids is 1. The van der Waals surface area contributed by atoms with Crippen LogP contribution >= 0.6 is 0 Å². The van der Waals surface area contributed by atoms with E-state index >= 15 is 0 Å². The molecule has 0 aliphatic heterocycles. The summed E-state index contributed by atoms with van der Waals surface area (Å²) in [5, 5.41) is 12.1. The lowest BCUT2D eigenvalue weighted by Crippen LogP contribution is -2.19. The Kier molecular flexibility index (Phi) is 5.37. The third kappa shape index (κ3) is 3.94. The molecular weight excluding hydrogens is 330 g/mol. The van der Waals surface area contributed by atoms with Gasteiger partial charge in [0.1, 0.15) is 6.54 Å². The molecule has 0 saturated carbocycles. The number of nitrogens with zero attached hydrogens (tertiary/aromatic N) is 4. The first-order valence-electron chi connectivity index (χ1n) is 8.76.